The number of hydrogen-bond donors (Lipinski definition) is 3. The van der Waals surface area contributed by atoms with Crippen LogP contribution in [0, 0.1) is 0 Å². The Labute approximate surface area is 111 Å². The number of aliphatic hydroxyl groups excluding tert-OH is 1. The van der Waals surface area contributed by atoms with E-state index < -0.39 is 0 Å². The van der Waals surface area contributed by atoms with E-state index in [1.165, 1.54) is 0 Å². The summed E-state index contributed by atoms with van der Waals surface area (Å²) in [7, 11) is 0. The van der Waals surface area contributed by atoms with Crippen LogP contribution in [0.2, 0.25) is 0 Å². The predicted molar refractivity (Wildman–Crippen MR) is 74.0 cm³/mol. The van der Waals surface area contributed by atoms with Gasteiger partial charge in [-0.1, -0.05) is 18.2 Å². The number of para-hydroxylation sites is 1. The number of rotatable bonds is 2. The van der Waals surface area contributed by atoms with Crippen molar-refractivity contribution in [2.75, 3.05) is 0 Å². The molecule has 2 atom stereocenters. The van der Waals surface area contributed by atoms with Gasteiger partial charge in [0.1, 0.15) is 0 Å². The molecule has 0 radical (unpaired) electrons. The summed E-state index contributed by atoms with van der Waals surface area (Å²) < 4.78 is 0. The third-order valence-electron chi connectivity index (χ3n) is 3.82. The molecule has 0 saturated heterocycles. The van der Waals surface area contributed by atoms with Crippen molar-refractivity contribution in [2.45, 2.75) is 37.8 Å². The SMILES string of the molecule is O=C(NC1CCCC(O)C1)c1c[nH]c2ccccc12. The van der Waals surface area contributed by atoms with E-state index in [2.05, 4.69) is 10.3 Å². The van der Waals surface area contributed by atoms with Crippen LogP contribution in [0.4, 0.5) is 0 Å². The minimum absolute atomic E-state index is 0.0587. The Morgan fingerprint density at radius 2 is 2.16 bits per heavy atom. The van der Waals surface area contributed by atoms with Gasteiger partial charge in [-0.05, 0) is 31.7 Å². The maximum Gasteiger partial charge on any atom is 0.253 e. The topological polar surface area (TPSA) is 65.1 Å². The molecule has 1 aliphatic rings. The van der Waals surface area contributed by atoms with Crippen molar-refractivity contribution in [2.24, 2.45) is 0 Å². The van der Waals surface area contributed by atoms with Crippen LogP contribution in [-0.2, 0) is 0 Å². The number of amides is 1. The third kappa shape index (κ3) is 2.49. The first kappa shape index (κ1) is 12.2. The molecular formula is C15H18N2O2. The van der Waals surface area contributed by atoms with E-state index in [0.29, 0.717) is 12.0 Å². The predicted octanol–water partition coefficient (Wildman–Crippen LogP) is 2.20. The summed E-state index contributed by atoms with van der Waals surface area (Å²) in [6, 6.07) is 7.85. The highest BCUT2D eigenvalue weighted by molar-refractivity contribution is 6.06. The van der Waals surface area contributed by atoms with Crippen LogP contribution in [0.15, 0.2) is 30.5 Å². The van der Waals surface area contributed by atoms with Gasteiger partial charge in [-0.2, -0.15) is 0 Å². The van der Waals surface area contributed by atoms with Crippen molar-refractivity contribution in [1.29, 1.82) is 0 Å². The number of H-pyrrole nitrogens is 1. The fraction of sp³-hybridized carbons (Fsp3) is 0.400. The van der Waals surface area contributed by atoms with Gasteiger partial charge in [-0.25, -0.2) is 0 Å². The standard InChI is InChI=1S/C15H18N2O2/c18-11-5-3-4-10(8-11)17-15(19)13-9-16-14-7-2-1-6-12(13)14/h1-2,6-7,9-11,16,18H,3-5,8H2,(H,17,19). The molecule has 2 aromatic rings. The van der Waals surface area contributed by atoms with Gasteiger partial charge in [0.25, 0.3) is 5.91 Å². The van der Waals surface area contributed by atoms with Crippen LogP contribution in [0.3, 0.4) is 0 Å². The average Bonchev–Trinajstić information content (AvgIpc) is 2.82. The summed E-state index contributed by atoms with van der Waals surface area (Å²) in [6.07, 6.45) is 4.90. The molecule has 19 heavy (non-hydrogen) atoms. The molecule has 4 heteroatoms. The normalized spacial score (nSPS) is 23.4. The lowest BCUT2D eigenvalue weighted by atomic mass is 9.93. The molecule has 2 unspecified atom stereocenters. The van der Waals surface area contributed by atoms with Gasteiger partial charge in [0.15, 0.2) is 0 Å². The molecule has 1 aromatic heterocycles. The van der Waals surface area contributed by atoms with Crippen LogP contribution in [0.25, 0.3) is 10.9 Å². The molecule has 1 heterocycles. The first-order valence-corrected chi connectivity index (χ1v) is 6.79. The Balaban J connectivity index is 1.76. The number of fused-ring (bicyclic) bond motifs is 1. The van der Waals surface area contributed by atoms with E-state index in [0.717, 1.165) is 30.2 Å². The monoisotopic (exact) mass is 258 g/mol. The van der Waals surface area contributed by atoms with Crippen molar-refractivity contribution < 1.29 is 9.90 Å². The highest BCUT2D eigenvalue weighted by atomic mass is 16.3. The van der Waals surface area contributed by atoms with Gasteiger partial charge in [0.2, 0.25) is 0 Å². The van der Waals surface area contributed by atoms with E-state index in [4.69, 9.17) is 0 Å². The highest BCUT2D eigenvalue weighted by Gasteiger charge is 2.22. The van der Waals surface area contributed by atoms with E-state index in [1.54, 1.807) is 6.20 Å². The summed E-state index contributed by atoms with van der Waals surface area (Å²) in [6.45, 7) is 0. The molecule has 0 aliphatic heterocycles. The number of aromatic nitrogens is 1. The van der Waals surface area contributed by atoms with E-state index in [9.17, 15) is 9.90 Å². The Morgan fingerprint density at radius 3 is 3.00 bits per heavy atom. The molecule has 1 saturated carbocycles. The van der Waals surface area contributed by atoms with Crippen LogP contribution in [0.5, 0.6) is 0 Å². The fourth-order valence-electron chi connectivity index (χ4n) is 2.82. The number of aliphatic hydroxyl groups is 1. The van der Waals surface area contributed by atoms with Gasteiger partial charge in [0, 0.05) is 23.1 Å². The minimum Gasteiger partial charge on any atom is -0.393 e. The lowest BCUT2D eigenvalue weighted by molar-refractivity contribution is 0.0851. The molecule has 1 amide bonds. The largest absolute Gasteiger partial charge is 0.393 e. The number of hydrogen-bond acceptors (Lipinski definition) is 2. The van der Waals surface area contributed by atoms with Crippen molar-refractivity contribution in [3.8, 4) is 0 Å². The van der Waals surface area contributed by atoms with Crippen LogP contribution in [-0.4, -0.2) is 28.1 Å². The molecule has 0 bridgehead atoms. The molecular weight excluding hydrogens is 240 g/mol. The number of carbonyl (C=O) groups is 1. The minimum atomic E-state index is -0.276. The second kappa shape index (κ2) is 5.05. The molecule has 3 rings (SSSR count). The van der Waals surface area contributed by atoms with E-state index >= 15 is 0 Å². The number of carbonyl (C=O) groups excluding carboxylic acids is 1. The molecule has 1 fully saturated rings. The Morgan fingerprint density at radius 1 is 1.32 bits per heavy atom. The third-order valence-corrected chi connectivity index (χ3v) is 3.82. The fourth-order valence-corrected chi connectivity index (χ4v) is 2.82. The Bertz CT molecular complexity index is 591. The van der Waals surface area contributed by atoms with Gasteiger partial charge in [0.05, 0.1) is 11.7 Å². The van der Waals surface area contributed by atoms with Crippen molar-refractivity contribution in [1.82, 2.24) is 10.3 Å². The Hall–Kier alpha value is -1.81. The van der Waals surface area contributed by atoms with E-state index in [-0.39, 0.29) is 18.1 Å². The lowest BCUT2D eigenvalue weighted by Gasteiger charge is -2.26. The number of benzene rings is 1. The number of nitrogens with one attached hydrogen (secondary N) is 2. The summed E-state index contributed by atoms with van der Waals surface area (Å²) >= 11 is 0. The van der Waals surface area contributed by atoms with Crippen LogP contribution >= 0.6 is 0 Å². The van der Waals surface area contributed by atoms with Crippen molar-refractivity contribution in [3.63, 3.8) is 0 Å². The summed E-state index contributed by atoms with van der Waals surface area (Å²) in [5.74, 6) is -0.0587. The summed E-state index contributed by atoms with van der Waals surface area (Å²) in [4.78, 5) is 15.4. The highest BCUT2D eigenvalue weighted by Crippen LogP contribution is 2.21. The van der Waals surface area contributed by atoms with E-state index in [1.807, 2.05) is 24.3 Å². The van der Waals surface area contributed by atoms with Crippen molar-refractivity contribution in [3.05, 3.63) is 36.0 Å². The van der Waals surface area contributed by atoms with Gasteiger partial charge < -0.3 is 15.4 Å². The van der Waals surface area contributed by atoms with Gasteiger partial charge >= 0.3 is 0 Å². The second-order valence-corrected chi connectivity index (χ2v) is 5.24. The van der Waals surface area contributed by atoms with Crippen LogP contribution in [0.1, 0.15) is 36.0 Å². The summed E-state index contributed by atoms with van der Waals surface area (Å²) in [5, 5.41) is 13.6. The quantitative estimate of drug-likeness (QED) is 0.773. The molecule has 1 aliphatic carbocycles. The first-order valence-electron chi connectivity index (χ1n) is 6.79. The Kier molecular flexibility index (Phi) is 3.25. The molecule has 3 N–H and O–H groups in total. The molecule has 100 valence electrons. The van der Waals surface area contributed by atoms with Crippen molar-refractivity contribution >= 4 is 16.8 Å². The molecule has 0 spiro atoms. The van der Waals surface area contributed by atoms with Gasteiger partial charge in [-0.15, -0.1) is 0 Å². The lowest BCUT2D eigenvalue weighted by Crippen LogP contribution is -2.39. The van der Waals surface area contributed by atoms with Crippen LogP contribution < -0.4 is 5.32 Å². The maximum absolute atomic E-state index is 12.3. The average molecular weight is 258 g/mol. The van der Waals surface area contributed by atoms with Gasteiger partial charge in [-0.3, -0.25) is 4.79 Å². The first-order chi connectivity index (χ1) is 9.24. The zero-order valence-corrected chi connectivity index (χ0v) is 10.7. The molecule has 4 nitrogen and oxygen atoms in total. The number of aromatic amines is 1. The molecule has 1 aromatic carbocycles. The second-order valence-electron chi connectivity index (χ2n) is 5.24. The summed E-state index contributed by atoms with van der Waals surface area (Å²) in [5.41, 5.74) is 1.65. The zero-order valence-electron chi connectivity index (χ0n) is 10.7. The maximum atomic E-state index is 12.3. The zero-order chi connectivity index (χ0) is 13.2. The smallest absolute Gasteiger partial charge is 0.253 e.